The molecule has 4 nitrogen and oxygen atoms in total. The molecule has 1 aromatic heterocycles. The van der Waals surface area contributed by atoms with Crippen molar-refractivity contribution in [3.63, 3.8) is 0 Å². The first-order valence-electron chi connectivity index (χ1n) is 6.65. The third kappa shape index (κ3) is 2.15. The minimum absolute atomic E-state index is 0.441. The Balaban J connectivity index is 1.90. The molecule has 1 N–H and O–H groups in total. The Morgan fingerprint density at radius 2 is 1.78 bits per heavy atom. The summed E-state index contributed by atoms with van der Waals surface area (Å²) in [5.74, 6) is 1.94. The number of aromatic nitrogens is 4. The predicted octanol–water partition coefficient (Wildman–Crippen LogP) is 2.95. The normalized spacial score (nSPS) is 24.1. The van der Waals surface area contributed by atoms with Crippen LogP contribution in [0.3, 0.4) is 0 Å². The van der Waals surface area contributed by atoms with Crippen molar-refractivity contribution in [1.29, 1.82) is 0 Å². The number of hydrogen-bond acceptors (Lipinski definition) is 3. The largest absolute Gasteiger partial charge is 0.243 e. The van der Waals surface area contributed by atoms with E-state index < -0.39 is 0 Å². The smallest absolute Gasteiger partial charge is 0.152 e. The highest BCUT2D eigenvalue weighted by Gasteiger charge is 2.30. The highest BCUT2D eigenvalue weighted by Crippen LogP contribution is 2.42. The second-order valence-corrected chi connectivity index (χ2v) is 5.19. The van der Waals surface area contributed by atoms with Crippen LogP contribution in [0.2, 0.25) is 0 Å². The van der Waals surface area contributed by atoms with Gasteiger partial charge in [0, 0.05) is 5.92 Å². The predicted molar refractivity (Wildman–Crippen MR) is 69.3 cm³/mol. The van der Waals surface area contributed by atoms with Crippen molar-refractivity contribution in [2.75, 3.05) is 0 Å². The lowest BCUT2D eigenvalue weighted by Gasteiger charge is -2.30. The van der Waals surface area contributed by atoms with Crippen LogP contribution >= 0.6 is 0 Å². The zero-order valence-electron chi connectivity index (χ0n) is 10.6. The van der Waals surface area contributed by atoms with Crippen LogP contribution in [0.5, 0.6) is 0 Å². The summed E-state index contributed by atoms with van der Waals surface area (Å²) in [5.41, 5.74) is 2.73. The van der Waals surface area contributed by atoms with Crippen molar-refractivity contribution in [2.45, 2.75) is 44.4 Å². The Morgan fingerprint density at radius 1 is 1.06 bits per heavy atom. The van der Waals surface area contributed by atoms with Gasteiger partial charge in [0.15, 0.2) is 5.82 Å². The van der Waals surface area contributed by atoms with Crippen molar-refractivity contribution in [3.05, 3.63) is 41.2 Å². The van der Waals surface area contributed by atoms with Crippen LogP contribution < -0.4 is 0 Å². The first kappa shape index (κ1) is 11.4. The van der Waals surface area contributed by atoms with Gasteiger partial charge in [-0.3, -0.25) is 0 Å². The third-order valence-electron chi connectivity index (χ3n) is 3.98. The molecule has 0 amide bonds. The molecule has 0 bridgehead atoms. The first-order chi connectivity index (χ1) is 8.84. The van der Waals surface area contributed by atoms with Gasteiger partial charge in [-0.2, -0.15) is 0 Å². The van der Waals surface area contributed by atoms with Crippen LogP contribution in [-0.4, -0.2) is 20.6 Å². The van der Waals surface area contributed by atoms with E-state index in [9.17, 15) is 0 Å². The summed E-state index contributed by atoms with van der Waals surface area (Å²) in [6, 6.07) is 8.89. The molecule has 1 aliphatic carbocycles. The van der Waals surface area contributed by atoms with Crippen molar-refractivity contribution < 1.29 is 0 Å². The molecule has 1 saturated carbocycles. The molecule has 0 spiro atoms. The number of nitrogens with one attached hydrogen (secondary N) is 1. The van der Waals surface area contributed by atoms with Gasteiger partial charge < -0.3 is 0 Å². The van der Waals surface area contributed by atoms with E-state index in [1.165, 1.54) is 36.8 Å². The minimum Gasteiger partial charge on any atom is -0.243 e. The van der Waals surface area contributed by atoms with E-state index in [-0.39, 0.29) is 0 Å². The SMILES string of the molecule is Cc1ccc(C2CCCCC2c2nnn[nH]2)cc1. The number of rotatable bonds is 2. The summed E-state index contributed by atoms with van der Waals surface area (Å²) in [4.78, 5) is 0. The lowest BCUT2D eigenvalue weighted by Crippen LogP contribution is -2.17. The maximum atomic E-state index is 4.12. The molecule has 1 fully saturated rings. The molecule has 0 aliphatic heterocycles. The quantitative estimate of drug-likeness (QED) is 0.880. The number of tetrazole rings is 1. The minimum atomic E-state index is 0.441. The van der Waals surface area contributed by atoms with Gasteiger partial charge in [0.25, 0.3) is 0 Å². The van der Waals surface area contributed by atoms with E-state index >= 15 is 0 Å². The van der Waals surface area contributed by atoms with Crippen molar-refractivity contribution in [2.24, 2.45) is 0 Å². The molecule has 1 aliphatic rings. The van der Waals surface area contributed by atoms with Gasteiger partial charge in [-0.25, -0.2) is 5.10 Å². The van der Waals surface area contributed by atoms with Gasteiger partial charge in [-0.15, -0.1) is 5.10 Å². The Hall–Kier alpha value is -1.71. The van der Waals surface area contributed by atoms with Gasteiger partial charge >= 0.3 is 0 Å². The summed E-state index contributed by atoms with van der Waals surface area (Å²) in [5, 5.41) is 14.5. The number of aromatic amines is 1. The fourth-order valence-electron chi connectivity index (χ4n) is 2.99. The van der Waals surface area contributed by atoms with Crippen molar-refractivity contribution in [1.82, 2.24) is 20.6 Å². The molecular weight excluding hydrogens is 224 g/mol. The molecule has 1 heterocycles. The molecule has 0 radical (unpaired) electrons. The van der Waals surface area contributed by atoms with Gasteiger partial charge in [0.05, 0.1) is 0 Å². The first-order valence-corrected chi connectivity index (χ1v) is 6.65. The average Bonchev–Trinajstić information content (AvgIpc) is 2.93. The van der Waals surface area contributed by atoms with Crippen LogP contribution in [0.25, 0.3) is 0 Å². The lowest BCUT2D eigenvalue weighted by molar-refractivity contribution is 0.373. The molecule has 2 unspecified atom stereocenters. The fraction of sp³-hybridized carbons (Fsp3) is 0.500. The summed E-state index contributed by atoms with van der Waals surface area (Å²) < 4.78 is 0. The zero-order valence-corrected chi connectivity index (χ0v) is 10.6. The van der Waals surface area contributed by atoms with Gasteiger partial charge in [0.2, 0.25) is 0 Å². The van der Waals surface area contributed by atoms with E-state index in [1.54, 1.807) is 0 Å². The average molecular weight is 242 g/mol. The lowest BCUT2D eigenvalue weighted by atomic mass is 9.75. The Labute approximate surface area is 107 Å². The topological polar surface area (TPSA) is 54.5 Å². The molecule has 94 valence electrons. The van der Waals surface area contributed by atoms with E-state index in [0.717, 1.165) is 5.82 Å². The number of H-pyrrole nitrogens is 1. The number of hydrogen-bond donors (Lipinski definition) is 1. The van der Waals surface area contributed by atoms with Crippen LogP contribution in [0.1, 0.15) is 54.5 Å². The molecule has 2 atom stereocenters. The Morgan fingerprint density at radius 3 is 2.44 bits per heavy atom. The molecule has 3 rings (SSSR count). The zero-order chi connectivity index (χ0) is 12.4. The highest BCUT2D eigenvalue weighted by atomic mass is 15.5. The standard InChI is InChI=1S/C14H18N4/c1-10-6-8-11(9-7-10)12-4-2-3-5-13(12)14-15-17-18-16-14/h6-9,12-13H,2-5H2,1H3,(H,15,16,17,18). The molecule has 0 saturated heterocycles. The van der Waals surface area contributed by atoms with Crippen LogP contribution in [0.15, 0.2) is 24.3 Å². The van der Waals surface area contributed by atoms with Crippen LogP contribution in [0.4, 0.5) is 0 Å². The fourth-order valence-corrected chi connectivity index (χ4v) is 2.99. The van der Waals surface area contributed by atoms with E-state index in [1.807, 2.05) is 0 Å². The number of aryl methyl sites for hydroxylation is 1. The number of benzene rings is 1. The maximum absolute atomic E-state index is 4.12. The van der Waals surface area contributed by atoms with Gasteiger partial charge in [0.1, 0.15) is 0 Å². The third-order valence-corrected chi connectivity index (χ3v) is 3.98. The molecule has 1 aromatic carbocycles. The second-order valence-electron chi connectivity index (χ2n) is 5.19. The summed E-state index contributed by atoms with van der Waals surface area (Å²) in [7, 11) is 0. The molecular formula is C14H18N4. The second kappa shape index (κ2) is 4.88. The number of nitrogens with zero attached hydrogens (tertiary/aromatic N) is 3. The molecule has 18 heavy (non-hydrogen) atoms. The summed E-state index contributed by atoms with van der Waals surface area (Å²) in [6.07, 6.45) is 4.98. The van der Waals surface area contributed by atoms with Crippen molar-refractivity contribution in [3.8, 4) is 0 Å². The van der Waals surface area contributed by atoms with Crippen LogP contribution in [-0.2, 0) is 0 Å². The van der Waals surface area contributed by atoms with E-state index in [2.05, 4.69) is 51.8 Å². The monoisotopic (exact) mass is 242 g/mol. The molecule has 2 aromatic rings. The van der Waals surface area contributed by atoms with Crippen LogP contribution in [0, 0.1) is 6.92 Å². The van der Waals surface area contributed by atoms with Gasteiger partial charge in [-0.05, 0) is 41.7 Å². The Kier molecular flexibility index (Phi) is 3.09. The molecule has 4 heteroatoms. The summed E-state index contributed by atoms with van der Waals surface area (Å²) in [6.45, 7) is 2.13. The maximum Gasteiger partial charge on any atom is 0.152 e. The van der Waals surface area contributed by atoms with Crippen molar-refractivity contribution >= 4 is 0 Å². The highest BCUT2D eigenvalue weighted by molar-refractivity contribution is 5.27. The van der Waals surface area contributed by atoms with Gasteiger partial charge in [-0.1, -0.05) is 42.7 Å². The van der Waals surface area contributed by atoms with E-state index in [4.69, 9.17) is 0 Å². The Bertz CT molecular complexity index is 489. The van der Waals surface area contributed by atoms with E-state index in [0.29, 0.717) is 11.8 Å². The summed E-state index contributed by atoms with van der Waals surface area (Å²) >= 11 is 0.